The van der Waals surface area contributed by atoms with Crippen molar-refractivity contribution in [1.82, 2.24) is 0 Å². The topological polar surface area (TPSA) is 46.5 Å². The molecule has 0 aliphatic rings. The van der Waals surface area contributed by atoms with Crippen LogP contribution in [0, 0.1) is 0 Å². The zero-order valence-electron chi connectivity index (χ0n) is 8.74. The second kappa shape index (κ2) is 6.09. The Balaban J connectivity index is 2.96. The number of hydrogen-bond donors (Lipinski definition) is 1. The van der Waals surface area contributed by atoms with E-state index >= 15 is 0 Å². The Morgan fingerprint density at radius 3 is 2.69 bits per heavy atom. The largest absolute Gasteiger partial charge is 0.481 e. The Labute approximate surface area is 104 Å². The molecule has 0 spiro atoms. The van der Waals surface area contributed by atoms with Crippen LogP contribution in [0.25, 0.3) is 0 Å². The van der Waals surface area contributed by atoms with Gasteiger partial charge < -0.3 is 9.84 Å². The quantitative estimate of drug-likeness (QED) is 0.887. The first-order valence-corrected chi connectivity index (χ1v) is 5.48. The van der Waals surface area contributed by atoms with E-state index in [1.807, 2.05) is 0 Å². The Morgan fingerprint density at radius 2 is 2.19 bits per heavy atom. The highest BCUT2D eigenvalue weighted by atomic mass is 35.5. The zero-order chi connectivity index (χ0) is 12.1. The molecule has 0 aromatic heterocycles. The standard InChI is InChI=1S/C11H12Cl2O3/c1-16-5-4-9(11(14)15)8-3-2-7(12)6-10(8)13/h2-3,6,9H,4-5H2,1H3,(H,14,15). The van der Waals surface area contributed by atoms with Gasteiger partial charge in [0, 0.05) is 23.8 Å². The molecule has 1 rings (SSSR count). The average Bonchev–Trinajstić information content (AvgIpc) is 2.20. The second-order valence-electron chi connectivity index (χ2n) is 3.34. The Hall–Kier alpha value is -0.770. The van der Waals surface area contributed by atoms with E-state index in [0.717, 1.165) is 0 Å². The van der Waals surface area contributed by atoms with Crippen LogP contribution in [0.2, 0.25) is 10.0 Å². The maximum Gasteiger partial charge on any atom is 0.311 e. The summed E-state index contributed by atoms with van der Waals surface area (Å²) in [5.74, 6) is -1.58. The van der Waals surface area contributed by atoms with E-state index in [1.165, 1.54) is 7.11 Å². The minimum absolute atomic E-state index is 0.371. The molecule has 1 N–H and O–H groups in total. The van der Waals surface area contributed by atoms with Gasteiger partial charge in [0.1, 0.15) is 0 Å². The summed E-state index contributed by atoms with van der Waals surface area (Å²) >= 11 is 11.7. The van der Waals surface area contributed by atoms with Crippen molar-refractivity contribution in [2.45, 2.75) is 12.3 Å². The van der Waals surface area contributed by atoms with E-state index in [2.05, 4.69) is 0 Å². The summed E-state index contributed by atoms with van der Waals surface area (Å²) in [5, 5.41) is 9.96. The van der Waals surface area contributed by atoms with Gasteiger partial charge in [0.2, 0.25) is 0 Å². The third-order valence-electron chi connectivity index (χ3n) is 2.25. The van der Waals surface area contributed by atoms with Crippen molar-refractivity contribution in [2.75, 3.05) is 13.7 Å². The van der Waals surface area contributed by atoms with Crippen LogP contribution in [0.3, 0.4) is 0 Å². The van der Waals surface area contributed by atoms with Crippen LogP contribution in [-0.2, 0) is 9.53 Å². The van der Waals surface area contributed by atoms with Crippen LogP contribution in [0.4, 0.5) is 0 Å². The fourth-order valence-electron chi connectivity index (χ4n) is 1.43. The van der Waals surface area contributed by atoms with Crippen molar-refractivity contribution < 1.29 is 14.6 Å². The third-order valence-corrected chi connectivity index (χ3v) is 2.81. The number of carboxylic acid groups (broad SMARTS) is 1. The number of aliphatic carboxylic acids is 1. The van der Waals surface area contributed by atoms with Crippen LogP contribution in [0.5, 0.6) is 0 Å². The van der Waals surface area contributed by atoms with E-state index in [-0.39, 0.29) is 0 Å². The number of methoxy groups -OCH3 is 1. The first-order chi connectivity index (χ1) is 7.56. The lowest BCUT2D eigenvalue weighted by Gasteiger charge is -2.13. The molecule has 0 bridgehead atoms. The number of benzene rings is 1. The molecule has 0 saturated carbocycles. The van der Waals surface area contributed by atoms with E-state index in [0.29, 0.717) is 28.6 Å². The van der Waals surface area contributed by atoms with Crippen LogP contribution < -0.4 is 0 Å². The van der Waals surface area contributed by atoms with Gasteiger partial charge in [-0.05, 0) is 24.1 Å². The first-order valence-electron chi connectivity index (χ1n) is 4.73. The maximum atomic E-state index is 11.1. The molecule has 0 fully saturated rings. The molecule has 0 aliphatic heterocycles. The summed E-state index contributed by atoms with van der Waals surface area (Å²) in [6.07, 6.45) is 0.382. The molecule has 16 heavy (non-hydrogen) atoms. The van der Waals surface area contributed by atoms with E-state index < -0.39 is 11.9 Å². The summed E-state index contributed by atoms with van der Waals surface area (Å²) in [7, 11) is 1.53. The fraction of sp³-hybridized carbons (Fsp3) is 0.364. The highest BCUT2D eigenvalue weighted by Crippen LogP contribution is 2.29. The fourth-order valence-corrected chi connectivity index (χ4v) is 1.97. The van der Waals surface area contributed by atoms with Gasteiger partial charge in [-0.15, -0.1) is 0 Å². The highest BCUT2D eigenvalue weighted by Gasteiger charge is 2.21. The lowest BCUT2D eigenvalue weighted by Crippen LogP contribution is -2.14. The molecule has 88 valence electrons. The minimum Gasteiger partial charge on any atom is -0.481 e. The van der Waals surface area contributed by atoms with Crippen LogP contribution in [0.1, 0.15) is 17.9 Å². The van der Waals surface area contributed by atoms with Crippen LogP contribution >= 0.6 is 23.2 Å². The number of hydrogen-bond acceptors (Lipinski definition) is 2. The highest BCUT2D eigenvalue weighted by molar-refractivity contribution is 6.35. The van der Waals surface area contributed by atoms with Crippen molar-refractivity contribution in [3.63, 3.8) is 0 Å². The van der Waals surface area contributed by atoms with E-state index in [4.69, 9.17) is 33.0 Å². The molecule has 1 unspecified atom stereocenters. The predicted molar refractivity (Wildman–Crippen MR) is 63.3 cm³/mol. The number of halogens is 2. The summed E-state index contributed by atoms with van der Waals surface area (Å²) in [6.45, 7) is 0.371. The van der Waals surface area contributed by atoms with Gasteiger partial charge in [0.25, 0.3) is 0 Å². The predicted octanol–water partition coefficient (Wildman–Crippen LogP) is 3.20. The molecule has 5 heteroatoms. The minimum atomic E-state index is -0.915. The van der Waals surface area contributed by atoms with Gasteiger partial charge >= 0.3 is 5.97 Å². The normalized spacial score (nSPS) is 12.4. The average molecular weight is 263 g/mol. The molecule has 0 aliphatic carbocycles. The van der Waals surface area contributed by atoms with Crippen molar-refractivity contribution >= 4 is 29.2 Å². The van der Waals surface area contributed by atoms with E-state index in [9.17, 15) is 4.79 Å². The van der Waals surface area contributed by atoms with Gasteiger partial charge in [-0.3, -0.25) is 4.79 Å². The van der Waals surface area contributed by atoms with Crippen LogP contribution in [-0.4, -0.2) is 24.8 Å². The van der Waals surface area contributed by atoms with Crippen molar-refractivity contribution in [2.24, 2.45) is 0 Å². The lowest BCUT2D eigenvalue weighted by atomic mass is 9.96. The second-order valence-corrected chi connectivity index (χ2v) is 4.18. The molecule has 0 radical (unpaired) electrons. The van der Waals surface area contributed by atoms with E-state index in [1.54, 1.807) is 18.2 Å². The summed E-state index contributed by atoms with van der Waals surface area (Å²) < 4.78 is 4.88. The molecular weight excluding hydrogens is 251 g/mol. The number of carboxylic acids is 1. The van der Waals surface area contributed by atoms with Gasteiger partial charge in [-0.1, -0.05) is 29.3 Å². The number of ether oxygens (including phenoxy) is 1. The smallest absolute Gasteiger partial charge is 0.311 e. The molecule has 1 aromatic carbocycles. The molecule has 3 nitrogen and oxygen atoms in total. The SMILES string of the molecule is COCCC(C(=O)O)c1ccc(Cl)cc1Cl. The Morgan fingerprint density at radius 1 is 1.50 bits per heavy atom. The van der Waals surface area contributed by atoms with Gasteiger partial charge in [0.05, 0.1) is 5.92 Å². The molecular formula is C11H12Cl2O3. The van der Waals surface area contributed by atoms with Gasteiger partial charge in [-0.2, -0.15) is 0 Å². The lowest BCUT2D eigenvalue weighted by molar-refractivity contribution is -0.139. The monoisotopic (exact) mass is 262 g/mol. The molecule has 0 saturated heterocycles. The van der Waals surface area contributed by atoms with Crippen molar-refractivity contribution in [3.05, 3.63) is 33.8 Å². The summed E-state index contributed by atoms with van der Waals surface area (Å²) in [6, 6.07) is 4.81. The maximum absolute atomic E-state index is 11.1. The van der Waals surface area contributed by atoms with Crippen LogP contribution in [0.15, 0.2) is 18.2 Å². The number of carbonyl (C=O) groups is 1. The summed E-state index contributed by atoms with van der Waals surface area (Å²) in [4.78, 5) is 11.1. The van der Waals surface area contributed by atoms with Crippen molar-refractivity contribution in [3.8, 4) is 0 Å². The Bertz CT molecular complexity index is 379. The molecule has 0 amide bonds. The number of rotatable bonds is 5. The molecule has 1 atom stereocenters. The third kappa shape index (κ3) is 3.37. The first kappa shape index (κ1) is 13.3. The summed E-state index contributed by atoms with van der Waals surface area (Å²) in [5.41, 5.74) is 0.565. The molecule has 1 aromatic rings. The van der Waals surface area contributed by atoms with Gasteiger partial charge in [0.15, 0.2) is 0 Å². The van der Waals surface area contributed by atoms with Crippen molar-refractivity contribution in [1.29, 1.82) is 0 Å². The van der Waals surface area contributed by atoms with Gasteiger partial charge in [-0.25, -0.2) is 0 Å². The molecule has 0 heterocycles. The Kier molecular flexibility index (Phi) is 5.06. The zero-order valence-corrected chi connectivity index (χ0v) is 10.3.